The van der Waals surface area contributed by atoms with Gasteiger partial charge in [-0.3, -0.25) is 4.68 Å². The van der Waals surface area contributed by atoms with Crippen LogP contribution in [0, 0.1) is 0 Å². The number of hydrogen-bond donors (Lipinski definition) is 1. The first-order valence-electron chi connectivity index (χ1n) is 4.96. The van der Waals surface area contributed by atoms with Gasteiger partial charge >= 0.3 is 0 Å². The number of aliphatic hydroxyl groups is 1. The van der Waals surface area contributed by atoms with Crippen LogP contribution in [0.25, 0.3) is 0 Å². The third-order valence-electron chi connectivity index (χ3n) is 2.38. The minimum Gasteiger partial charge on any atom is -0.466 e. The van der Waals surface area contributed by atoms with Gasteiger partial charge in [-0.1, -0.05) is 6.92 Å². The van der Waals surface area contributed by atoms with Crippen LogP contribution in [-0.2, 0) is 13.5 Å². The molecular formula is C11H14N2O2. The van der Waals surface area contributed by atoms with Gasteiger partial charge in [-0.2, -0.15) is 5.10 Å². The molecule has 0 aliphatic carbocycles. The second-order valence-electron chi connectivity index (χ2n) is 3.48. The van der Waals surface area contributed by atoms with E-state index in [0.29, 0.717) is 5.76 Å². The Hall–Kier alpha value is -1.55. The van der Waals surface area contributed by atoms with E-state index in [1.807, 2.05) is 20.2 Å². The summed E-state index contributed by atoms with van der Waals surface area (Å²) in [4.78, 5) is 0. The van der Waals surface area contributed by atoms with E-state index in [1.165, 1.54) is 0 Å². The number of nitrogens with zero attached hydrogens (tertiary/aromatic N) is 2. The van der Waals surface area contributed by atoms with Gasteiger partial charge < -0.3 is 9.52 Å². The van der Waals surface area contributed by atoms with Crippen molar-refractivity contribution >= 4 is 0 Å². The van der Waals surface area contributed by atoms with Gasteiger partial charge in [-0.15, -0.1) is 0 Å². The molecule has 0 saturated carbocycles. The van der Waals surface area contributed by atoms with Crippen molar-refractivity contribution in [2.24, 2.45) is 7.05 Å². The first kappa shape index (κ1) is 9.98. The average molecular weight is 206 g/mol. The Morgan fingerprint density at radius 1 is 1.60 bits per heavy atom. The van der Waals surface area contributed by atoms with Crippen molar-refractivity contribution in [2.45, 2.75) is 19.4 Å². The lowest BCUT2D eigenvalue weighted by atomic mass is 10.1. The quantitative estimate of drug-likeness (QED) is 0.830. The lowest BCUT2D eigenvalue weighted by Gasteiger charge is -2.06. The highest BCUT2D eigenvalue weighted by molar-refractivity contribution is 5.26. The molecular weight excluding hydrogens is 192 g/mol. The largest absolute Gasteiger partial charge is 0.466 e. The van der Waals surface area contributed by atoms with Gasteiger partial charge in [0, 0.05) is 18.8 Å². The van der Waals surface area contributed by atoms with Crippen LogP contribution in [0.1, 0.15) is 30.0 Å². The van der Waals surface area contributed by atoms with Crippen molar-refractivity contribution in [1.82, 2.24) is 9.78 Å². The van der Waals surface area contributed by atoms with Gasteiger partial charge in [0.2, 0.25) is 0 Å². The van der Waals surface area contributed by atoms with Gasteiger partial charge in [0.05, 0.1) is 12.0 Å². The van der Waals surface area contributed by atoms with Crippen LogP contribution >= 0.6 is 0 Å². The van der Waals surface area contributed by atoms with E-state index in [1.54, 1.807) is 23.1 Å². The molecule has 0 aliphatic heterocycles. The predicted octanol–water partition coefficient (Wildman–Crippen LogP) is 1.66. The Kier molecular flexibility index (Phi) is 2.60. The molecule has 0 bridgehead atoms. The normalized spacial score (nSPS) is 13.0. The summed E-state index contributed by atoms with van der Waals surface area (Å²) in [5, 5.41) is 14.3. The number of rotatable bonds is 3. The van der Waals surface area contributed by atoms with Crippen LogP contribution in [0.3, 0.4) is 0 Å². The van der Waals surface area contributed by atoms with Crippen LogP contribution in [-0.4, -0.2) is 14.9 Å². The monoisotopic (exact) mass is 206 g/mol. The van der Waals surface area contributed by atoms with Crippen molar-refractivity contribution in [3.05, 3.63) is 41.6 Å². The highest BCUT2D eigenvalue weighted by atomic mass is 16.4. The Balaban J connectivity index is 2.36. The van der Waals surface area contributed by atoms with Crippen molar-refractivity contribution < 1.29 is 9.52 Å². The molecule has 4 nitrogen and oxygen atoms in total. The molecule has 0 spiro atoms. The lowest BCUT2D eigenvalue weighted by Crippen LogP contribution is -2.00. The highest BCUT2D eigenvalue weighted by Crippen LogP contribution is 2.24. The van der Waals surface area contributed by atoms with E-state index in [9.17, 15) is 5.11 Å². The maximum absolute atomic E-state index is 10.1. The summed E-state index contributed by atoms with van der Waals surface area (Å²) >= 11 is 0. The minimum atomic E-state index is -0.719. The molecule has 2 aromatic heterocycles. The van der Waals surface area contributed by atoms with Gasteiger partial charge in [0.1, 0.15) is 11.9 Å². The Labute approximate surface area is 88.1 Å². The summed E-state index contributed by atoms with van der Waals surface area (Å²) in [6, 6.07) is 3.53. The summed E-state index contributed by atoms with van der Waals surface area (Å²) in [6.07, 6.45) is 3.46. The van der Waals surface area contributed by atoms with E-state index < -0.39 is 6.10 Å². The summed E-state index contributed by atoms with van der Waals surface area (Å²) in [5.74, 6) is 0.553. The second kappa shape index (κ2) is 3.90. The summed E-state index contributed by atoms with van der Waals surface area (Å²) in [6.45, 7) is 2.01. The van der Waals surface area contributed by atoms with Gasteiger partial charge in [-0.05, 0) is 18.6 Å². The molecule has 0 amide bonds. The molecule has 15 heavy (non-hydrogen) atoms. The van der Waals surface area contributed by atoms with Crippen LogP contribution in [0.4, 0.5) is 0 Å². The zero-order chi connectivity index (χ0) is 10.8. The number of aryl methyl sites for hydroxylation is 2. The van der Waals surface area contributed by atoms with E-state index in [4.69, 9.17) is 4.42 Å². The maximum atomic E-state index is 10.1. The Morgan fingerprint density at radius 3 is 3.00 bits per heavy atom. The number of furan rings is 1. The van der Waals surface area contributed by atoms with Crippen molar-refractivity contribution in [3.63, 3.8) is 0 Å². The molecule has 4 heteroatoms. The molecule has 0 aromatic carbocycles. The fourth-order valence-electron chi connectivity index (χ4n) is 1.66. The van der Waals surface area contributed by atoms with E-state index in [2.05, 4.69) is 5.10 Å². The smallest absolute Gasteiger partial charge is 0.140 e. The van der Waals surface area contributed by atoms with Gasteiger partial charge in [0.25, 0.3) is 0 Å². The predicted molar refractivity (Wildman–Crippen MR) is 55.4 cm³/mol. The van der Waals surface area contributed by atoms with Crippen molar-refractivity contribution in [2.75, 3.05) is 0 Å². The topological polar surface area (TPSA) is 51.2 Å². The molecule has 1 atom stereocenters. The highest BCUT2D eigenvalue weighted by Gasteiger charge is 2.18. The number of aromatic nitrogens is 2. The zero-order valence-electron chi connectivity index (χ0n) is 8.84. The molecule has 1 N–H and O–H groups in total. The SMILES string of the molecule is CCc1nn(C)cc1C(O)c1ccco1. The molecule has 0 saturated heterocycles. The van der Waals surface area contributed by atoms with Crippen molar-refractivity contribution in [3.8, 4) is 0 Å². The van der Waals surface area contributed by atoms with Crippen LogP contribution in [0.5, 0.6) is 0 Å². The molecule has 2 heterocycles. The fraction of sp³-hybridized carbons (Fsp3) is 0.364. The molecule has 80 valence electrons. The summed E-state index contributed by atoms with van der Waals surface area (Å²) in [5.41, 5.74) is 1.72. The lowest BCUT2D eigenvalue weighted by molar-refractivity contribution is 0.188. The molecule has 2 rings (SSSR count). The van der Waals surface area contributed by atoms with Gasteiger partial charge in [-0.25, -0.2) is 0 Å². The first-order valence-corrected chi connectivity index (χ1v) is 4.96. The van der Waals surface area contributed by atoms with Crippen LogP contribution < -0.4 is 0 Å². The van der Waals surface area contributed by atoms with Gasteiger partial charge in [0.15, 0.2) is 0 Å². The number of hydrogen-bond acceptors (Lipinski definition) is 3. The molecule has 0 aliphatic rings. The Bertz CT molecular complexity index is 431. The summed E-state index contributed by atoms with van der Waals surface area (Å²) in [7, 11) is 1.84. The second-order valence-corrected chi connectivity index (χ2v) is 3.48. The van der Waals surface area contributed by atoms with Crippen LogP contribution in [0.2, 0.25) is 0 Å². The zero-order valence-corrected chi connectivity index (χ0v) is 8.84. The summed E-state index contributed by atoms with van der Waals surface area (Å²) < 4.78 is 6.88. The third-order valence-corrected chi connectivity index (χ3v) is 2.38. The average Bonchev–Trinajstić information content (AvgIpc) is 2.84. The molecule has 0 fully saturated rings. The Morgan fingerprint density at radius 2 is 2.40 bits per heavy atom. The van der Waals surface area contributed by atoms with Crippen molar-refractivity contribution in [1.29, 1.82) is 0 Å². The first-order chi connectivity index (χ1) is 7.22. The van der Waals surface area contributed by atoms with Crippen LogP contribution in [0.15, 0.2) is 29.0 Å². The van der Waals surface area contributed by atoms with E-state index >= 15 is 0 Å². The molecule has 1 unspecified atom stereocenters. The number of aliphatic hydroxyl groups excluding tert-OH is 1. The fourth-order valence-corrected chi connectivity index (χ4v) is 1.66. The maximum Gasteiger partial charge on any atom is 0.140 e. The van der Waals surface area contributed by atoms with E-state index in [0.717, 1.165) is 17.7 Å². The standard InChI is InChI=1S/C11H14N2O2/c1-3-9-8(7-13(2)12-9)11(14)10-5-4-6-15-10/h4-7,11,14H,3H2,1-2H3. The third kappa shape index (κ3) is 1.80. The van der Waals surface area contributed by atoms with E-state index in [-0.39, 0.29) is 0 Å². The molecule has 2 aromatic rings. The molecule has 0 radical (unpaired) electrons. The minimum absolute atomic E-state index is 0.553.